The van der Waals surface area contributed by atoms with Crippen LogP contribution in [0.4, 0.5) is 0 Å². The van der Waals surface area contributed by atoms with Crippen LogP contribution in [0, 0.1) is 5.92 Å². The highest BCUT2D eigenvalue weighted by Gasteiger charge is 2.04. The molecule has 0 saturated heterocycles. The van der Waals surface area contributed by atoms with Crippen LogP contribution in [-0.2, 0) is 9.53 Å². The van der Waals surface area contributed by atoms with Crippen molar-refractivity contribution in [1.82, 2.24) is 5.32 Å². The van der Waals surface area contributed by atoms with Gasteiger partial charge in [0.15, 0.2) is 0 Å². The van der Waals surface area contributed by atoms with E-state index in [1.807, 2.05) is 13.8 Å². The highest BCUT2D eigenvalue weighted by Crippen LogP contribution is 1.97. The number of carbonyl (C=O) groups excluding carboxylic acids is 1. The Hall–Kier alpha value is -1.29. The number of rotatable bonds is 7. The van der Waals surface area contributed by atoms with Crippen molar-refractivity contribution < 1.29 is 14.6 Å². The van der Waals surface area contributed by atoms with E-state index in [1.165, 1.54) is 0 Å². The van der Waals surface area contributed by atoms with Crippen molar-refractivity contribution in [3.8, 4) is 0 Å². The maximum atomic E-state index is 11.1. The summed E-state index contributed by atoms with van der Waals surface area (Å²) in [7, 11) is 0. The van der Waals surface area contributed by atoms with Gasteiger partial charge in [0.05, 0.1) is 13.2 Å². The number of ether oxygens (including phenoxy) is 1. The van der Waals surface area contributed by atoms with Crippen molar-refractivity contribution >= 4 is 5.97 Å². The molecule has 0 unspecified atom stereocenters. The number of nitrogens with one attached hydrogen (secondary N) is 1. The summed E-state index contributed by atoms with van der Waals surface area (Å²) in [6.45, 7) is 11.7. The van der Waals surface area contributed by atoms with Gasteiger partial charge in [-0.1, -0.05) is 27.0 Å². The van der Waals surface area contributed by atoms with Crippen LogP contribution in [0.15, 0.2) is 24.5 Å². The van der Waals surface area contributed by atoms with Gasteiger partial charge in [-0.15, -0.1) is 0 Å². The quantitative estimate of drug-likeness (QED) is 0.381. The van der Waals surface area contributed by atoms with Crippen molar-refractivity contribution in [1.29, 1.82) is 0 Å². The van der Waals surface area contributed by atoms with E-state index in [-0.39, 0.29) is 18.3 Å². The largest absolute Gasteiger partial charge is 0.508 e. The zero-order valence-corrected chi connectivity index (χ0v) is 9.38. The Morgan fingerprint density at radius 2 is 2.00 bits per heavy atom. The Balaban J connectivity index is 3.55. The summed E-state index contributed by atoms with van der Waals surface area (Å²) in [5, 5.41) is 11.7. The van der Waals surface area contributed by atoms with E-state index in [0.717, 1.165) is 0 Å². The average Bonchev–Trinajstić information content (AvgIpc) is 2.14. The predicted molar refractivity (Wildman–Crippen MR) is 59.6 cm³/mol. The smallest absolute Gasteiger partial charge is 0.319 e. The van der Waals surface area contributed by atoms with Crippen LogP contribution in [0.3, 0.4) is 0 Å². The van der Waals surface area contributed by atoms with Gasteiger partial charge < -0.3 is 15.2 Å². The van der Waals surface area contributed by atoms with Crippen molar-refractivity contribution in [2.45, 2.75) is 13.8 Å². The minimum atomic E-state index is -0.306. The fourth-order valence-corrected chi connectivity index (χ4v) is 0.728. The first-order valence-electron chi connectivity index (χ1n) is 4.85. The normalized spacial score (nSPS) is 10.1. The average molecular weight is 213 g/mol. The molecule has 4 nitrogen and oxygen atoms in total. The maximum Gasteiger partial charge on any atom is 0.319 e. The molecular formula is C11H19NO3. The van der Waals surface area contributed by atoms with E-state index in [9.17, 15) is 4.79 Å². The number of hydrogen-bond donors (Lipinski definition) is 2. The van der Waals surface area contributed by atoms with Crippen molar-refractivity contribution in [2.24, 2.45) is 5.92 Å². The second-order valence-corrected chi connectivity index (χ2v) is 3.73. The SMILES string of the molecule is C=C(O)C(=C)CNCC(=O)OCC(C)C. The molecule has 0 aliphatic rings. The number of aliphatic hydroxyl groups is 1. The molecule has 0 aromatic heterocycles. The minimum absolute atomic E-state index is 0.0713. The Labute approximate surface area is 90.6 Å². The van der Waals surface area contributed by atoms with E-state index >= 15 is 0 Å². The molecule has 0 atom stereocenters. The van der Waals surface area contributed by atoms with Crippen LogP contribution in [0.2, 0.25) is 0 Å². The van der Waals surface area contributed by atoms with Crippen LogP contribution in [0.25, 0.3) is 0 Å². The van der Waals surface area contributed by atoms with Gasteiger partial charge in [-0.3, -0.25) is 4.79 Å². The van der Waals surface area contributed by atoms with E-state index in [2.05, 4.69) is 18.5 Å². The first-order valence-corrected chi connectivity index (χ1v) is 4.85. The zero-order valence-electron chi connectivity index (χ0n) is 9.38. The number of aliphatic hydroxyl groups excluding tert-OH is 1. The van der Waals surface area contributed by atoms with Crippen LogP contribution in [0.5, 0.6) is 0 Å². The fourth-order valence-electron chi connectivity index (χ4n) is 0.728. The molecule has 0 aliphatic heterocycles. The van der Waals surface area contributed by atoms with Gasteiger partial charge in [0.25, 0.3) is 0 Å². The molecule has 0 aromatic rings. The van der Waals surface area contributed by atoms with Gasteiger partial charge in [-0.2, -0.15) is 0 Å². The van der Waals surface area contributed by atoms with Gasteiger partial charge in [0.1, 0.15) is 5.76 Å². The predicted octanol–water partition coefficient (Wildman–Crippen LogP) is 1.40. The highest BCUT2D eigenvalue weighted by atomic mass is 16.5. The molecule has 0 aliphatic carbocycles. The van der Waals surface area contributed by atoms with Gasteiger partial charge in [-0.05, 0) is 11.5 Å². The minimum Gasteiger partial charge on any atom is -0.508 e. The molecule has 0 aromatic carbocycles. The van der Waals surface area contributed by atoms with Crippen LogP contribution in [-0.4, -0.2) is 30.8 Å². The van der Waals surface area contributed by atoms with Crippen LogP contribution >= 0.6 is 0 Å². The maximum absolute atomic E-state index is 11.1. The van der Waals surface area contributed by atoms with Crippen LogP contribution < -0.4 is 5.32 Å². The number of esters is 1. The van der Waals surface area contributed by atoms with Crippen LogP contribution in [0.1, 0.15) is 13.8 Å². The van der Waals surface area contributed by atoms with Crippen molar-refractivity contribution in [3.63, 3.8) is 0 Å². The van der Waals surface area contributed by atoms with E-state index in [1.54, 1.807) is 0 Å². The highest BCUT2D eigenvalue weighted by molar-refractivity contribution is 5.71. The molecule has 0 spiro atoms. The van der Waals surface area contributed by atoms with E-state index in [4.69, 9.17) is 9.84 Å². The molecule has 4 heteroatoms. The lowest BCUT2D eigenvalue weighted by molar-refractivity contribution is -0.143. The molecule has 0 heterocycles. The summed E-state index contributed by atoms with van der Waals surface area (Å²) >= 11 is 0. The first-order chi connectivity index (χ1) is 6.93. The molecule has 0 bridgehead atoms. The molecule has 0 fully saturated rings. The lowest BCUT2D eigenvalue weighted by Crippen LogP contribution is -2.27. The van der Waals surface area contributed by atoms with Crippen molar-refractivity contribution in [2.75, 3.05) is 19.7 Å². The zero-order chi connectivity index (χ0) is 11.8. The lowest BCUT2D eigenvalue weighted by Gasteiger charge is -2.08. The Morgan fingerprint density at radius 1 is 1.40 bits per heavy atom. The van der Waals surface area contributed by atoms with Crippen molar-refractivity contribution in [3.05, 3.63) is 24.5 Å². The summed E-state index contributed by atoms with van der Waals surface area (Å²) in [6, 6.07) is 0. The molecule has 0 saturated carbocycles. The van der Waals surface area contributed by atoms with Gasteiger partial charge in [0.2, 0.25) is 0 Å². The first kappa shape index (κ1) is 13.7. The molecule has 0 radical (unpaired) electrons. The summed E-state index contributed by atoms with van der Waals surface area (Å²) in [4.78, 5) is 11.1. The molecule has 0 rings (SSSR count). The van der Waals surface area contributed by atoms with Gasteiger partial charge in [0, 0.05) is 6.54 Å². The molecule has 2 N–H and O–H groups in total. The second-order valence-electron chi connectivity index (χ2n) is 3.73. The lowest BCUT2D eigenvalue weighted by atomic mass is 10.2. The van der Waals surface area contributed by atoms with Gasteiger partial charge >= 0.3 is 5.97 Å². The third kappa shape index (κ3) is 7.76. The second kappa shape index (κ2) is 7.06. The molecular weight excluding hydrogens is 194 g/mol. The van der Waals surface area contributed by atoms with Gasteiger partial charge in [-0.25, -0.2) is 0 Å². The number of carbonyl (C=O) groups is 1. The molecule has 0 amide bonds. The van der Waals surface area contributed by atoms with E-state index in [0.29, 0.717) is 24.6 Å². The van der Waals surface area contributed by atoms with E-state index < -0.39 is 0 Å². The summed E-state index contributed by atoms with van der Waals surface area (Å²) in [6.07, 6.45) is 0. The Bertz CT molecular complexity index is 246. The summed E-state index contributed by atoms with van der Waals surface area (Å²) < 4.78 is 4.93. The fraction of sp³-hybridized carbons (Fsp3) is 0.545. The summed E-state index contributed by atoms with van der Waals surface area (Å²) in [5.41, 5.74) is 0.464. The Morgan fingerprint density at radius 3 is 2.47 bits per heavy atom. The third-order valence-corrected chi connectivity index (χ3v) is 1.59. The molecule has 15 heavy (non-hydrogen) atoms. The monoisotopic (exact) mass is 213 g/mol. The topological polar surface area (TPSA) is 58.6 Å². The Kier molecular flexibility index (Phi) is 6.45. The third-order valence-electron chi connectivity index (χ3n) is 1.59. The number of hydrogen-bond acceptors (Lipinski definition) is 4. The summed E-state index contributed by atoms with van der Waals surface area (Å²) in [5.74, 6) is -0.0424. The standard InChI is InChI=1S/C11H19NO3/c1-8(2)7-15-11(14)6-12-5-9(3)10(4)13/h8,12-13H,3-7H2,1-2H3. The molecule has 86 valence electrons.